The van der Waals surface area contributed by atoms with Crippen molar-refractivity contribution in [2.24, 2.45) is 5.14 Å². The van der Waals surface area contributed by atoms with E-state index in [1.54, 1.807) is 6.07 Å². The van der Waals surface area contributed by atoms with Crippen LogP contribution < -0.4 is 16.2 Å². The quantitative estimate of drug-likeness (QED) is 0.698. The van der Waals surface area contributed by atoms with E-state index in [0.717, 1.165) is 25.9 Å². The molecule has 1 heterocycles. The zero-order valence-corrected chi connectivity index (χ0v) is 11.8. The molecule has 1 aliphatic rings. The SMILES string of the molecule is CN1CCC(Nc2cc(N)cc(S(N)(=O)=O)c2)CC1. The Balaban J connectivity index is 2.14. The lowest BCUT2D eigenvalue weighted by molar-refractivity contribution is 0.264. The van der Waals surface area contributed by atoms with Crippen molar-refractivity contribution in [2.45, 2.75) is 23.8 Å². The van der Waals surface area contributed by atoms with Crippen LogP contribution in [0.1, 0.15) is 12.8 Å². The van der Waals surface area contributed by atoms with Gasteiger partial charge in [-0.15, -0.1) is 0 Å². The number of nitrogen functional groups attached to an aromatic ring is 1. The molecule has 1 aliphatic heterocycles. The van der Waals surface area contributed by atoms with Crippen LogP contribution in [0.15, 0.2) is 23.1 Å². The van der Waals surface area contributed by atoms with Gasteiger partial charge in [0.15, 0.2) is 0 Å². The summed E-state index contributed by atoms with van der Waals surface area (Å²) in [6, 6.07) is 4.97. The van der Waals surface area contributed by atoms with Crippen LogP contribution in [0.5, 0.6) is 0 Å². The molecule has 1 aromatic rings. The summed E-state index contributed by atoms with van der Waals surface area (Å²) in [4.78, 5) is 2.32. The minimum atomic E-state index is -3.73. The highest BCUT2D eigenvalue weighted by molar-refractivity contribution is 7.89. The molecule has 106 valence electrons. The molecule has 7 heteroatoms. The molecule has 0 unspecified atom stereocenters. The highest BCUT2D eigenvalue weighted by atomic mass is 32.2. The first-order chi connectivity index (χ1) is 8.84. The molecule has 19 heavy (non-hydrogen) atoms. The Hall–Kier alpha value is -1.31. The molecule has 2 rings (SSSR count). The second-order valence-corrected chi connectivity index (χ2v) is 6.62. The van der Waals surface area contributed by atoms with Gasteiger partial charge in [0, 0.05) is 17.4 Å². The van der Waals surface area contributed by atoms with Crippen LogP contribution >= 0.6 is 0 Å². The number of sulfonamides is 1. The summed E-state index contributed by atoms with van der Waals surface area (Å²) in [7, 11) is -1.63. The van der Waals surface area contributed by atoms with Crippen LogP contribution in [-0.4, -0.2) is 39.5 Å². The molecular weight excluding hydrogens is 264 g/mol. The number of hydrogen-bond acceptors (Lipinski definition) is 5. The van der Waals surface area contributed by atoms with E-state index in [4.69, 9.17) is 10.9 Å². The minimum Gasteiger partial charge on any atom is -0.399 e. The summed E-state index contributed by atoms with van der Waals surface area (Å²) in [6.07, 6.45) is 2.05. The van der Waals surface area contributed by atoms with E-state index in [9.17, 15) is 8.42 Å². The van der Waals surface area contributed by atoms with Crippen LogP contribution in [-0.2, 0) is 10.0 Å². The third-order valence-corrected chi connectivity index (χ3v) is 4.24. The second kappa shape index (κ2) is 5.36. The predicted molar refractivity (Wildman–Crippen MR) is 76.4 cm³/mol. The highest BCUT2D eigenvalue weighted by Crippen LogP contribution is 2.22. The third-order valence-electron chi connectivity index (χ3n) is 3.35. The van der Waals surface area contributed by atoms with Crippen molar-refractivity contribution in [1.29, 1.82) is 0 Å². The summed E-state index contributed by atoms with van der Waals surface area (Å²) >= 11 is 0. The molecule has 0 bridgehead atoms. The number of rotatable bonds is 3. The van der Waals surface area contributed by atoms with E-state index in [1.165, 1.54) is 12.1 Å². The Morgan fingerprint density at radius 3 is 2.47 bits per heavy atom. The average molecular weight is 284 g/mol. The maximum atomic E-state index is 11.4. The van der Waals surface area contributed by atoms with Gasteiger partial charge in [0.05, 0.1) is 4.90 Å². The van der Waals surface area contributed by atoms with Crippen molar-refractivity contribution in [3.63, 3.8) is 0 Å². The Labute approximate surface area is 113 Å². The van der Waals surface area contributed by atoms with Crippen molar-refractivity contribution in [2.75, 3.05) is 31.2 Å². The molecule has 0 amide bonds. The van der Waals surface area contributed by atoms with E-state index in [0.29, 0.717) is 17.4 Å². The maximum absolute atomic E-state index is 11.4. The number of hydrogen-bond donors (Lipinski definition) is 3. The fourth-order valence-corrected chi connectivity index (χ4v) is 2.85. The van der Waals surface area contributed by atoms with Crippen molar-refractivity contribution < 1.29 is 8.42 Å². The van der Waals surface area contributed by atoms with Gasteiger partial charge in [-0.3, -0.25) is 0 Å². The molecule has 0 atom stereocenters. The smallest absolute Gasteiger partial charge is 0.238 e. The number of piperidine rings is 1. The molecule has 0 aliphatic carbocycles. The maximum Gasteiger partial charge on any atom is 0.238 e. The normalized spacial score (nSPS) is 18.4. The van der Waals surface area contributed by atoms with Gasteiger partial charge in [0.1, 0.15) is 0 Å². The molecule has 0 aromatic heterocycles. The summed E-state index contributed by atoms with van der Waals surface area (Å²) in [6.45, 7) is 2.06. The van der Waals surface area contributed by atoms with E-state index in [1.807, 2.05) is 0 Å². The number of nitrogens with one attached hydrogen (secondary N) is 1. The Morgan fingerprint density at radius 2 is 1.89 bits per heavy atom. The fourth-order valence-electron chi connectivity index (χ4n) is 2.26. The number of anilines is 2. The molecule has 1 aromatic carbocycles. The first kappa shape index (κ1) is 14.1. The van der Waals surface area contributed by atoms with E-state index < -0.39 is 10.0 Å². The van der Waals surface area contributed by atoms with E-state index >= 15 is 0 Å². The van der Waals surface area contributed by atoms with Crippen LogP contribution in [0.25, 0.3) is 0 Å². The first-order valence-corrected chi connectivity index (χ1v) is 7.78. The van der Waals surface area contributed by atoms with Gasteiger partial charge in [-0.05, 0) is 51.2 Å². The lowest BCUT2D eigenvalue weighted by atomic mass is 10.1. The standard InChI is InChI=1S/C12H20N4O2S/c1-16-4-2-10(3-5-16)15-11-6-9(13)7-12(8-11)19(14,17)18/h6-8,10,15H,2-5,13H2,1H3,(H2,14,17,18). The van der Waals surface area contributed by atoms with Crippen LogP contribution in [0.2, 0.25) is 0 Å². The Bertz CT molecular complexity index is 551. The van der Waals surface area contributed by atoms with Crippen molar-refractivity contribution in [3.8, 4) is 0 Å². The van der Waals surface area contributed by atoms with Crippen molar-refractivity contribution >= 4 is 21.4 Å². The monoisotopic (exact) mass is 284 g/mol. The highest BCUT2D eigenvalue weighted by Gasteiger charge is 2.17. The van der Waals surface area contributed by atoms with Gasteiger partial charge >= 0.3 is 0 Å². The van der Waals surface area contributed by atoms with Crippen LogP contribution in [0.3, 0.4) is 0 Å². The van der Waals surface area contributed by atoms with Crippen LogP contribution in [0.4, 0.5) is 11.4 Å². The molecule has 0 saturated carbocycles. The summed E-state index contributed by atoms with van der Waals surface area (Å²) < 4.78 is 22.7. The minimum absolute atomic E-state index is 0.0444. The number of likely N-dealkylation sites (tertiary alicyclic amines) is 1. The zero-order valence-electron chi connectivity index (χ0n) is 11.0. The lowest BCUT2D eigenvalue weighted by Gasteiger charge is -2.30. The topological polar surface area (TPSA) is 101 Å². The molecular formula is C12H20N4O2S. The molecule has 1 saturated heterocycles. The molecule has 1 fully saturated rings. The van der Waals surface area contributed by atoms with Crippen molar-refractivity contribution in [3.05, 3.63) is 18.2 Å². The van der Waals surface area contributed by atoms with Gasteiger partial charge in [-0.25, -0.2) is 13.6 Å². The number of nitrogens with two attached hydrogens (primary N) is 2. The van der Waals surface area contributed by atoms with Crippen LogP contribution in [0, 0.1) is 0 Å². The van der Waals surface area contributed by atoms with Gasteiger partial charge in [-0.1, -0.05) is 0 Å². The zero-order chi connectivity index (χ0) is 14.0. The molecule has 6 nitrogen and oxygen atoms in total. The second-order valence-electron chi connectivity index (χ2n) is 5.06. The lowest BCUT2D eigenvalue weighted by Crippen LogP contribution is -2.36. The van der Waals surface area contributed by atoms with Crippen molar-refractivity contribution in [1.82, 2.24) is 4.90 Å². The van der Waals surface area contributed by atoms with Gasteiger partial charge in [0.25, 0.3) is 0 Å². The number of benzene rings is 1. The summed E-state index contributed by atoms with van der Waals surface area (Å²) in [5.74, 6) is 0. The van der Waals surface area contributed by atoms with Gasteiger partial charge in [0.2, 0.25) is 10.0 Å². The first-order valence-electron chi connectivity index (χ1n) is 6.23. The summed E-state index contributed by atoms with van der Waals surface area (Å²) in [5.41, 5.74) is 6.81. The number of primary sulfonamides is 1. The largest absolute Gasteiger partial charge is 0.399 e. The Kier molecular flexibility index (Phi) is 3.98. The van der Waals surface area contributed by atoms with E-state index in [2.05, 4.69) is 17.3 Å². The average Bonchev–Trinajstić information content (AvgIpc) is 2.30. The fraction of sp³-hybridized carbons (Fsp3) is 0.500. The Morgan fingerprint density at radius 1 is 1.26 bits per heavy atom. The third kappa shape index (κ3) is 3.82. The summed E-state index contributed by atoms with van der Waals surface area (Å²) in [5, 5.41) is 8.46. The predicted octanol–water partition coefficient (Wildman–Crippen LogP) is 0.422. The van der Waals surface area contributed by atoms with Gasteiger partial charge in [-0.2, -0.15) is 0 Å². The molecule has 0 radical (unpaired) electrons. The van der Waals surface area contributed by atoms with Gasteiger partial charge < -0.3 is 16.0 Å². The van der Waals surface area contributed by atoms with E-state index in [-0.39, 0.29) is 4.90 Å². The molecule has 5 N–H and O–H groups in total. The number of nitrogens with zero attached hydrogens (tertiary/aromatic N) is 1. The molecule has 0 spiro atoms.